The number of fused-ring (bicyclic) bond motifs is 4. The Morgan fingerprint density at radius 3 is 1.50 bits per heavy atom. The second-order valence-electron chi connectivity index (χ2n) is 16.6. The number of rotatable bonds is 9. The molecule has 0 N–H and O–H groups in total. The van der Waals surface area contributed by atoms with Crippen LogP contribution in [0, 0.1) is 0 Å². The van der Waals surface area contributed by atoms with Gasteiger partial charge in [0.25, 0.3) is 0 Å². The van der Waals surface area contributed by atoms with Gasteiger partial charge in [-0.1, -0.05) is 212 Å². The fourth-order valence-electron chi connectivity index (χ4n) is 9.80. The highest BCUT2D eigenvalue weighted by atomic mass is 15.1. The third-order valence-corrected chi connectivity index (χ3v) is 12.8. The van der Waals surface area contributed by atoms with E-state index in [1.165, 1.54) is 4.90 Å². The molecule has 0 aromatic heterocycles. The van der Waals surface area contributed by atoms with Crippen molar-refractivity contribution >= 4 is 27.8 Å². The maximum Gasteiger partial charge on any atom is 0.0714 e. The van der Waals surface area contributed by atoms with Gasteiger partial charge < -0.3 is 4.90 Å². The fourth-order valence-corrected chi connectivity index (χ4v) is 9.80. The predicted octanol–water partition coefficient (Wildman–Crippen LogP) is 17.3. The first-order chi connectivity index (χ1) is 36.1. The van der Waals surface area contributed by atoms with Crippen LogP contribution in [0.2, 0.25) is 0 Å². The highest BCUT2D eigenvalue weighted by Crippen LogP contribution is 2.57. The van der Waals surface area contributed by atoms with Gasteiger partial charge in [-0.05, 0) is 149 Å². The molecule has 0 heterocycles. The first-order valence-corrected chi connectivity index (χ1v) is 22.2. The van der Waals surface area contributed by atoms with Gasteiger partial charge in [0.15, 0.2) is 0 Å². The van der Waals surface area contributed by atoms with Crippen LogP contribution in [-0.2, 0) is 5.41 Å². The van der Waals surface area contributed by atoms with E-state index in [1.807, 2.05) is 182 Å². The van der Waals surface area contributed by atoms with Crippen molar-refractivity contribution in [3.8, 4) is 55.6 Å². The van der Waals surface area contributed by atoms with Crippen LogP contribution in [0.15, 0.2) is 273 Å². The molecule has 0 saturated heterocycles. The van der Waals surface area contributed by atoms with Gasteiger partial charge in [-0.2, -0.15) is 0 Å². The molecule has 1 aliphatic carbocycles. The van der Waals surface area contributed by atoms with Crippen molar-refractivity contribution in [2.24, 2.45) is 0 Å². The second kappa shape index (κ2) is 16.6. The molecule has 12 rings (SSSR count). The highest BCUT2D eigenvalue weighted by Gasteiger charge is 2.46. The van der Waals surface area contributed by atoms with Crippen molar-refractivity contribution in [3.05, 3.63) is 295 Å². The first kappa shape index (κ1) is 31.3. The summed E-state index contributed by atoms with van der Waals surface area (Å²) in [4.78, 5) is 1.47. The predicted molar refractivity (Wildman–Crippen MR) is 278 cm³/mol. The van der Waals surface area contributed by atoms with Crippen LogP contribution in [0.4, 0.5) is 17.1 Å². The highest BCUT2D eigenvalue weighted by molar-refractivity contribution is 5.92. The van der Waals surface area contributed by atoms with Crippen molar-refractivity contribution in [2.45, 2.75) is 5.41 Å². The minimum Gasteiger partial charge on any atom is -0.310 e. The van der Waals surface area contributed by atoms with Gasteiger partial charge in [0.1, 0.15) is 0 Å². The lowest BCUT2D eigenvalue weighted by atomic mass is 9.67. The third-order valence-electron chi connectivity index (χ3n) is 12.8. The smallest absolute Gasteiger partial charge is 0.0714 e. The van der Waals surface area contributed by atoms with Crippen molar-refractivity contribution < 1.29 is 11.0 Å². The molecule has 0 atom stereocenters. The van der Waals surface area contributed by atoms with Crippen molar-refractivity contribution in [2.75, 3.05) is 4.90 Å². The fraction of sp³-hybridized carbons (Fsp3) is 0.0154. The van der Waals surface area contributed by atoms with E-state index in [-0.39, 0.29) is 46.7 Å². The molecular formula is C65H45N. The van der Waals surface area contributed by atoms with E-state index in [0.29, 0.717) is 16.8 Å². The van der Waals surface area contributed by atoms with Crippen molar-refractivity contribution in [3.63, 3.8) is 0 Å². The summed E-state index contributed by atoms with van der Waals surface area (Å²) in [7, 11) is 0. The monoisotopic (exact) mass is 847 g/mol. The summed E-state index contributed by atoms with van der Waals surface area (Å²) in [6.07, 6.45) is 0. The summed E-state index contributed by atoms with van der Waals surface area (Å²) < 4.78 is 78.7. The zero-order valence-corrected chi connectivity index (χ0v) is 35.8. The van der Waals surface area contributed by atoms with E-state index < -0.39 is 29.6 Å². The van der Waals surface area contributed by atoms with Crippen molar-refractivity contribution in [1.82, 2.24) is 0 Å². The SMILES string of the molecule is [2H]c1c([2H])c(-c2ccc3ccccc3c2)c([2H])c(N(c2ccc3c(c2)C(c2ccccc2)(c2ccccc2)c2ccccc2-3)c2c([2H])c([2H])c(-c3cc(-c4ccccc4)cc(-c4ccccc4)c3)c([2H])c2[2H])c1[2H]. The van der Waals surface area contributed by atoms with Gasteiger partial charge in [-0.3, -0.25) is 0 Å². The molecule has 0 amide bonds. The maximum atomic E-state index is 10.2. The van der Waals surface area contributed by atoms with E-state index in [9.17, 15) is 11.0 Å². The van der Waals surface area contributed by atoms with Crippen LogP contribution in [-0.4, -0.2) is 0 Å². The van der Waals surface area contributed by atoms with E-state index >= 15 is 0 Å². The zero-order valence-electron chi connectivity index (χ0n) is 43.8. The Morgan fingerprint density at radius 1 is 0.303 bits per heavy atom. The summed E-state index contributed by atoms with van der Waals surface area (Å²) in [5, 5.41) is 1.81. The van der Waals surface area contributed by atoms with E-state index in [2.05, 4.69) is 42.5 Å². The Kier molecular flexibility index (Phi) is 7.86. The number of anilines is 3. The summed E-state index contributed by atoms with van der Waals surface area (Å²) in [5.41, 5.74) is 9.66. The minimum absolute atomic E-state index is 0.0898. The van der Waals surface area contributed by atoms with E-state index in [0.717, 1.165) is 66.4 Å². The molecule has 0 saturated carbocycles. The largest absolute Gasteiger partial charge is 0.310 e. The second-order valence-corrected chi connectivity index (χ2v) is 16.6. The number of nitrogens with zero attached hydrogens (tertiary/aromatic N) is 1. The quantitative estimate of drug-likeness (QED) is 0.140. The normalized spacial score (nSPS) is 14.1. The van der Waals surface area contributed by atoms with Gasteiger partial charge in [-0.25, -0.2) is 0 Å². The van der Waals surface area contributed by atoms with E-state index in [4.69, 9.17) is 0 Å². The van der Waals surface area contributed by atoms with Gasteiger partial charge >= 0.3 is 0 Å². The summed E-state index contributed by atoms with van der Waals surface area (Å²) in [5.74, 6) is 0. The lowest BCUT2D eigenvalue weighted by molar-refractivity contribution is 0.768. The Labute approximate surface area is 398 Å². The zero-order chi connectivity index (χ0) is 50.8. The molecule has 0 spiro atoms. The standard InChI is InChI=1S/C65H45N/c1-5-18-46(19-6-1)53-41-54(47-20-7-2-8-21-47)43-55(42-53)49-34-36-58(37-35-49)66(59-29-17-24-51(44-59)52-33-32-48-22-13-14-23-50(48)40-52)60-38-39-62-61-30-15-16-31-63(61)65(64(62)45-60,56-25-9-3-10-26-56)57-27-11-4-12-28-57/h1-45H/i17D,24D,29D,34D,35D,36D,37D,44D. The Bertz CT molecular complexity index is 3870. The molecule has 1 heteroatoms. The molecule has 11 aromatic rings. The van der Waals surface area contributed by atoms with Gasteiger partial charge in [-0.15, -0.1) is 0 Å². The molecule has 0 fully saturated rings. The molecule has 66 heavy (non-hydrogen) atoms. The Balaban J connectivity index is 1.16. The van der Waals surface area contributed by atoms with Crippen LogP contribution < -0.4 is 4.90 Å². The lowest BCUT2D eigenvalue weighted by Crippen LogP contribution is -2.28. The van der Waals surface area contributed by atoms with Crippen LogP contribution >= 0.6 is 0 Å². The van der Waals surface area contributed by atoms with Crippen LogP contribution in [0.25, 0.3) is 66.4 Å². The first-order valence-electron chi connectivity index (χ1n) is 26.2. The maximum absolute atomic E-state index is 10.2. The summed E-state index contributed by atoms with van der Waals surface area (Å²) in [6, 6.07) is 70.6. The third kappa shape index (κ3) is 6.81. The van der Waals surface area contributed by atoms with Gasteiger partial charge in [0.05, 0.1) is 16.4 Å². The molecule has 11 aromatic carbocycles. The number of hydrogen-bond acceptors (Lipinski definition) is 1. The van der Waals surface area contributed by atoms with Crippen molar-refractivity contribution in [1.29, 1.82) is 0 Å². The van der Waals surface area contributed by atoms with Crippen LogP contribution in [0.3, 0.4) is 0 Å². The molecule has 310 valence electrons. The molecule has 0 radical (unpaired) electrons. The molecule has 0 unspecified atom stereocenters. The molecule has 1 nitrogen and oxygen atoms in total. The van der Waals surface area contributed by atoms with Gasteiger partial charge in [0.2, 0.25) is 0 Å². The molecule has 1 aliphatic rings. The lowest BCUT2D eigenvalue weighted by Gasteiger charge is -2.35. The Morgan fingerprint density at radius 2 is 0.848 bits per heavy atom. The molecule has 0 aliphatic heterocycles. The summed E-state index contributed by atoms with van der Waals surface area (Å²) >= 11 is 0. The number of benzene rings is 11. The number of hydrogen-bond donors (Lipinski definition) is 0. The van der Waals surface area contributed by atoms with Crippen LogP contribution in [0.1, 0.15) is 33.2 Å². The molecule has 0 bridgehead atoms. The average molecular weight is 848 g/mol. The topological polar surface area (TPSA) is 3.24 Å². The Hall–Kier alpha value is -8.52. The molecular weight excluding hydrogens is 795 g/mol. The average Bonchev–Trinajstić information content (AvgIpc) is 3.76. The van der Waals surface area contributed by atoms with E-state index in [1.54, 1.807) is 0 Å². The van der Waals surface area contributed by atoms with Crippen LogP contribution in [0.5, 0.6) is 0 Å². The van der Waals surface area contributed by atoms with Gasteiger partial charge in [0, 0.05) is 17.1 Å². The minimum atomic E-state index is -0.884. The summed E-state index contributed by atoms with van der Waals surface area (Å²) in [6.45, 7) is 0.